The van der Waals surface area contributed by atoms with Crippen molar-refractivity contribution < 1.29 is 17.1 Å². The van der Waals surface area contributed by atoms with E-state index in [9.17, 15) is 0 Å². The molecule has 0 fully saturated rings. The zero-order chi connectivity index (χ0) is 0. The molecule has 0 heterocycles. The van der Waals surface area contributed by atoms with Crippen LogP contribution in [0, 0.1) is 0 Å². The van der Waals surface area contributed by atoms with Crippen molar-refractivity contribution in [3.8, 4) is 0 Å². The van der Waals surface area contributed by atoms with Gasteiger partial charge in [0.25, 0.3) is 0 Å². The molecule has 0 aromatic carbocycles. The van der Waals surface area contributed by atoms with E-state index in [1.54, 1.807) is 0 Å². The fourth-order valence-corrected chi connectivity index (χ4v) is 0. The molecule has 0 aliphatic carbocycles. The molecule has 5 heteroatoms. The molecule has 0 amide bonds. The van der Waals surface area contributed by atoms with Crippen LogP contribution in [0.3, 0.4) is 0 Å². The Balaban J connectivity index is 0. The quantitative estimate of drug-likeness (QED) is 0.398. The average molecular weight is 296 g/mol. The van der Waals surface area contributed by atoms with Crippen molar-refractivity contribution in [1.82, 2.24) is 0 Å². The molecule has 0 aromatic heterocycles. The van der Waals surface area contributed by atoms with Gasteiger partial charge in [-0.1, -0.05) is 0 Å². The van der Waals surface area contributed by atoms with Crippen LogP contribution < -0.4 is 0 Å². The molecule has 0 unspecified atom stereocenters. The fourth-order valence-electron chi connectivity index (χ4n) is 0. The van der Waals surface area contributed by atoms with Crippen molar-refractivity contribution in [3.63, 3.8) is 0 Å². The van der Waals surface area contributed by atoms with Gasteiger partial charge in [-0.05, 0) is 11.0 Å². The summed E-state index contributed by atoms with van der Waals surface area (Å²) in [6.07, 6.45) is 0. The predicted molar refractivity (Wildman–Crippen MR) is 37.0 cm³/mol. The second kappa shape index (κ2) is 23.9. The molecule has 0 aliphatic heterocycles. The van der Waals surface area contributed by atoms with Gasteiger partial charge < -0.3 is 0 Å². The minimum atomic E-state index is 0. The standard InChI is InChI=1S/Ba.Ca.Fe.Mg.H4Si.6H/h;;;;1H4;;;;;;. The van der Waals surface area contributed by atoms with E-state index in [0.29, 0.717) is 0 Å². The van der Waals surface area contributed by atoms with Crippen molar-refractivity contribution in [2.75, 3.05) is 0 Å². The van der Waals surface area contributed by atoms with Crippen LogP contribution in [0.1, 0.15) is 0 Å². The summed E-state index contributed by atoms with van der Waals surface area (Å²) >= 11 is 0. The first-order chi connectivity index (χ1) is 0. The first kappa shape index (κ1) is 34.5. The maximum atomic E-state index is 0. The van der Waals surface area contributed by atoms with Gasteiger partial charge in [-0.3, -0.25) is 0 Å². The zero-order valence-corrected chi connectivity index (χ0v) is 1.46. The van der Waals surface area contributed by atoms with Crippen molar-refractivity contribution in [1.29, 1.82) is 0 Å². The summed E-state index contributed by atoms with van der Waals surface area (Å²) in [6.45, 7) is 0. The maximum absolute atomic E-state index is 0. The summed E-state index contributed by atoms with van der Waals surface area (Å²) in [5.41, 5.74) is 0. The minimum Gasteiger partial charge on any atom is -0.0149 e. The molecule has 0 saturated carbocycles. The van der Waals surface area contributed by atoms with E-state index < -0.39 is 0 Å². The van der Waals surface area contributed by atoms with Gasteiger partial charge in [-0.15, -0.1) is 0 Å². The summed E-state index contributed by atoms with van der Waals surface area (Å²) in [5.74, 6) is 0. The molecule has 0 spiro atoms. The summed E-state index contributed by atoms with van der Waals surface area (Å²) in [6, 6.07) is 0. The molecule has 0 radical (unpaired) electrons. The minimum absolute atomic E-state index is 0. The van der Waals surface area contributed by atoms with Crippen LogP contribution in [-0.2, 0) is 17.1 Å². The summed E-state index contributed by atoms with van der Waals surface area (Å²) in [5, 5.41) is 0. The third-order valence-electron chi connectivity index (χ3n) is 0. The van der Waals surface area contributed by atoms with Crippen molar-refractivity contribution in [2.24, 2.45) is 0 Å². The second-order valence-corrected chi connectivity index (χ2v) is 0. The Bertz CT molecular complexity index is 11.6. The molecular weight excluding hydrogens is 286 g/mol. The first-order valence-corrected chi connectivity index (χ1v) is 0. The molecule has 0 aliphatic rings. The summed E-state index contributed by atoms with van der Waals surface area (Å²) in [4.78, 5) is 0. The van der Waals surface area contributed by atoms with Crippen LogP contribution in [0.5, 0.6) is 0 Å². The normalized spacial score (nSPS) is 0. The molecule has 28 valence electrons. The van der Waals surface area contributed by atoms with E-state index in [2.05, 4.69) is 0 Å². The molecule has 0 saturated heterocycles. The maximum Gasteiger partial charge on any atom is 0.316 e. The van der Waals surface area contributed by atoms with Crippen LogP contribution in [0.4, 0.5) is 0 Å². The topological polar surface area (TPSA) is 0 Å². The Labute approximate surface area is 134 Å². The van der Waals surface area contributed by atoms with E-state index in [-0.39, 0.29) is 138 Å². The SMILES string of the molecule is [BaH2].[CaH2].[Fe].[MgH2].[SiH4]. The van der Waals surface area contributed by atoms with Crippen LogP contribution in [0.2, 0.25) is 0 Å². The Morgan fingerprint density at radius 3 is 1.00 bits per heavy atom. The Morgan fingerprint density at radius 1 is 1.00 bits per heavy atom. The third-order valence-corrected chi connectivity index (χ3v) is 0. The molecule has 5 heavy (non-hydrogen) atoms. The smallest absolute Gasteiger partial charge is 0.0149 e. The number of hydrogen-bond acceptors (Lipinski definition) is 0. The predicted octanol–water partition coefficient (Wildman–Crippen LogP) is -4.20. The Morgan fingerprint density at radius 2 is 1.00 bits per heavy atom. The van der Waals surface area contributed by atoms with Gasteiger partial charge in [-0.25, -0.2) is 0 Å². The molecule has 0 bridgehead atoms. The summed E-state index contributed by atoms with van der Waals surface area (Å²) < 4.78 is 0. The van der Waals surface area contributed by atoms with Gasteiger partial charge in [0.2, 0.25) is 0 Å². The van der Waals surface area contributed by atoms with E-state index in [0.717, 1.165) is 0 Å². The molecule has 0 aromatic rings. The molecule has 0 N–H and O–H groups in total. The Hall–Kier alpha value is 4.33. The molecule has 0 atom stereocenters. The molecular formula is H10BaCaFeMgSi. The van der Waals surface area contributed by atoms with Crippen LogP contribution in [0.15, 0.2) is 0 Å². The van der Waals surface area contributed by atoms with Gasteiger partial charge in [0, 0.05) is 17.1 Å². The fraction of sp³-hybridized carbons (Fsp3) is 0. The van der Waals surface area contributed by atoms with Gasteiger partial charge in [0.05, 0.1) is 0 Å². The number of hydrogen-bond donors (Lipinski definition) is 0. The Kier molecular flexibility index (Phi) is 165. The molecule has 0 rings (SSSR count). The van der Waals surface area contributed by atoms with E-state index in [1.165, 1.54) is 0 Å². The number of rotatable bonds is 0. The van der Waals surface area contributed by atoms with Crippen molar-refractivity contribution in [3.05, 3.63) is 0 Å². The second-order valence-electron chi connectivity index (χ2n) is 0. The van der Waals surface area contributed by atoms with Crippen molar-refractivity contribution in [2.45, 2.75) is 0 Å². The van der Waals surface area contributed by atoms with E-state index in [4.69, 9.17) is 0 Å². The largest absolute Gasteiger partial charge is 0.316 e. The summed E-state index contributed by atoms with van der Waals surface area (Å²) in [7, 11) is 0. The monoisotopic (exact) mass is 296 g/mol. The van der Waals surface area contributed by atoms with Crippen LogP contribution in [0.25, 0.3) is 0 Å². The van der Waals surface area contributed by atoms with E-state index in [1.807, 2.05) is 0 Å². The first-order valence-electron chi connectivity index (χ1n) is 0. The zero-order valence-electron chi connectivity index (χ0n) is 0.354. The van der Waals surface area contributed by atoms with E-state index >= 15 is 0 Å². The van der Waals surface area contributed by atoms with Gasteiger partial charge in [0.1, 0.15) is 0 Å². The van der Waals surface area contributed by atoms with Gasteiger partial charge >= 0.3 is 110 Å². The van der Waals surface area contributed by atoms with Crippen LogP contribution in [-0.4, -0.2) is 121 Å². The molecule has 0 nitrogen and oxygen atoms in total. The van der Waals surface area contributed by atoms with Crippen molar-refractivity contribution >= 4 is 121 Å². The average Bonchev–Trinajstić information content (AvgIpc) is 0. The van der Waals surface area contributed by atoms with Gasteiger partial charge in [-0.2, -0.15) is 0 Å². The van der Waals surface area contributed by atoms with Crippen LogP contribution >= 0.6 is 0 Å². The van der Waals surface area contributed by atoms with Gasteiger partial charge in [0.15, 0.2) is 0 Å². The third kappa shape index (κ3) is 17.8.